The van der Waals surface area contributed by atoms with E-state index in [4.69, 9.17) is 4.74 Å². The summed E-state index contributed by atoms with van der Waals surface area (Å²) in [5, 5.41) is 8.35. The number of carbonyl (C=O) groups is 1. The van der Waals surface area contributed by atoms with Crippen molar-refractivity contribution in [2.75, 3.05) is 13.1 Å². The summed E-state index contributed by atoms with van der Waals surface area (Å²) in [6.07, 6.45) is 5.22. The third-order valence-electron chi connectivity index (χ3n) is 4.71. The second-order valence-corrected chi connectivity index (χ2v) is 6.72. The number of ether oxygens (including phenoxy) is 1. The summed E-state index contributed by atoms with van der Waals surface area (Å²) in [6, 6.07) is 12.0. The number of aromatic nitrogens is 4. The van der Waals surface area contributed by atoms with Gasteiger partial charge in [0, 0.05) is 25.5 Å². The molecule has 27 heavy (non-hydrogen) atoms. The zero-order valence-corrected chi connectivity index (χ0v) is 15.2. The van der Waals surface area contributed by atoms with Crippen molar-refractivity contribution in [2.24, 2.45) is 0 Å². The Kier molecular flexibility index (Phi) is 4.93. The summed E-state index contributed by atoms with van der Waals surface area (Å²) in [5.74, 6) is 0.0170. The van der Waals surface area contributed by atoms with Crippen molar-refractivity contribution in [1.82, 2.24) is 24.9 Å². The van der Waals surface area contributed by atoms with Gasteiger partial charge in [-0.2, -0.15) is 0 Å². The van der Waals surface area contributed by atoms with E-state index < -0.39 is 0 Å². The molecule has 0 unspecified atom stereocenters. The third-order valence-corrected chi connectivity index (χ3v) is 4.71. The van der Waals surface area contributed by atoms with E-state index in [1.54, 1.807) is 12.4 Å². The quantitative estimate of drug-likeness (QED) is 0.672. The fraction of sp³-hybridized carbons (Fsp3) is 0.300. The van der Waals surface area contributed by atoms with Crippen LogP contribution in [0.25, 0.3) is 0 Å². The average molecular weight is 363 g/mol. The van der Waals surface area contributed by atoms with Gasteiger partial charge in [0.05, 0.1) is 31.0 Å². The molecule has 0 aliphatic carbocycles. The van der Waals surface area contributed by atoms with Crippen LogP contribution in [0.1, 0.15) is 33.2 Å². The monoisotopic (exact) mass is 363 g/mol. The van der Waals surface area contributed by atoms with Gasteiger partial charge >= 0.3 is 0 Å². The standard InChI is InChI=1S/C20H21N5O2/c1-15-7-8-21-9-19(15)20(26)24-11-18(12-24)25-10-17(22-23-25)14-27-13-16-5-3-2-4-6-16/h2-10,18H,11-14H2,1H3. The number of aryl methyl sites for hydroxylation is 1. The molecule has 7 nitrogen and oxygen atoms in total. The number of amides is 1. The molecule has 3 aromatic rings. The zero-order valence-electron chi connectivity index (χ0n) is 15.2. The maximum Gasteiger partial charge on any atom is 0.255 e. The van der Waals surface area contributed by atoms with Gasteiger partial charge in [0.15, 0.2) is 0 Å². The van der Waals surface area contributed by atoms with Crippen LogP contribution in [0.15, 0.2) is 55.0 Å². The van der Waals surface area contributed by atoms with E-state index in [1.807, 2.05) is 59.1 Å². The highest BCUT2D eigenvalue weighted by Crippen LogP contribution is 2.23. The molecule has 0 saturated carbocycles. The summed E-state index contributed by atoms with van der Waals surface area (Å²) < 4.78 is 7.51. The highest BCUT2D eigenvalue weighted by Gasteiger charge is 2.33. The summed E-state index contributed by atoms with van der Waals surface area (Å²) >= 11 is 0. The van der Waals surface area contributed by atoms with Gasteiger partial charge in [-0.3, -0.25) is 9.78 Å². The Morgan fingerprint density at radius 1 is 1.19 bits per heavy atom. The Bertz CT molecular complexity index is 919. The molecule has 0 bridgehead atoms. The van der Waals surface area contributed by atoms with Crippen molar-refractivity contribution >= 4 is 5.91 Å². The van der Waals surface area contributed by atoms with Gasteiger partial charge < -0.3 is 9.64 Å². The van der Waals surface area contributed by atoms with Crippen LogP contribution in [0.3, 0.4) is 0 Å². The highest BCUT2D eigenvalue weighted by molar-refractivity contribution is 5.95. The van der Waals surface area contributed by atoms with E-state index in [9.17, 15) is 4.79 Å². The molecular formula is C20H21N5O2. The van der Waals surface area contributed by atoms with Crippen LogP contribution in [0.2, 0.25) is 0 Å². The number of hydrogen-bond donors (Lipinski definition) is 0. The number of pyridine rings is 1. The first kappa shape index (κ1) is 17.4. The molecule has 3 heterocycles. The molecule has 1 aliphatic heterocycles. The molecule has 1 aliphatic rings. The zero-order chi connectivity index (χ0) is 18.6. The molecule has 0 spiro atoms. The Morgan fingerprint density at radius 2 is 2.00 bits per heavy atom. The van der Waals surface area contributed by atoms with Crippen molar-refractivity contribution in [1.29, 1.82) is 0 Å². The van der Waals surface area contributed by atoms with Crippen LogP contribution >= 0.6 is 0 Å². The minimum atomic E-state index is 0.0170. The number of nitrogens with zero attached hydrogens (tertiary/aromatic N) is 5. The second-order valence-electron chi connectivity index (χ2n) is 6.72. The van der Waals surface area contributed by atoms with Crippen molar-refractivity contribution < 1.29 is 9.53 Å². The first-order valence-corrected chi connectivity index (χ1v) is 8.93. The minimum Gasteiger partial charge on any atom is -0.370 e. The third kappa shape index (κ3) is 3.88. The predicted molar refractivity (Wildman–Crippen MR) is 98.9 cm³/mol. The molecule has 4 rings (SSSR count). The van der Waals surface area contributed by atoms with Crippen LogP contribution in [0.5, 0.6) is 0 Å². The summed E-state index contributed by atoms with van der Waals surface area (Å²) in [6.45, 7) is 4.13. The number of carbonyl (C=O) groups excluding carboxylic acids is 1. The molecular weight excluding hydrogens is 342 g/mol. The molecule has 1 aromatic carbocycles. The normalized spacial score (nSPS) is 14.2. The number of rotatable bonds is 6. The molecule has 0 N–H and O–H groups in total. The molecule has 1 saturated heterocycles. The largest absolute Gasteiger partial charge is 0.370 e. The fourth-order valence-corrected chi connectivity index (χ4v) is 3.05. The van der Waals surface area contributed by atoms with E-state index in [-0.39, 0.29) is 11.9 Å². The lowest BCUT2D eigenvalue weighted by molar-refractivity contribution is 0.0497. The molecule has 0 atom stereocenters. The van der Waals surface area contributed by atoms with Gasteiger partial charge in [0.2, 0.25) is 0 Å². The van der Waals surface area contributed by atoms with E-state index in [2.05, 4.69) is 15.3 Å². The number of hydrogen-bond acceptors (Lipinski definition) is 5. The van der Waals surface area contributed by atoms with Crippen LogP contribution in [-0.2, 0) is 18.0 Å². The minimum absolute atomic E-state index is 0.0170. The SMILES string of the molecule is Cc1ccncc1C(=O)N1CC(n2cc(COCc3ccccc3)nn2)C1. The Hall–Kier alpha value is -3.06. The van der Waals surface area contributed by atoms with Crippen LogP contribution in [0.4, 0.5) is 0 Å². The van der Waals surface area contributed by atoms with E-state index >= 15 is 0 Å². The summed E-state index contributed by atoms with van der Waals surface area (Å²) in [7, 11) is 0. The van der Waals surface area contributed by atoms with Crippen LogP contribution < -0.4 is 0 Å². The molecule has 0 radical (unpaired) electrons. The topological polar surface area (TPSA) is 73.1 Å². The number of benzene rings is 1. The maximum atomic E-state index is 12.5. The van der Waals surface area contributed by atoms with Crippen molar-refractivity contribution in [2.45, 2.75) is 26.2 Å². The second kappa shape index (κ2) is 7.67. The lowest BCUT2D eigenvalue weighted by Gasteiger charge is -2.39. The van der Waals surface area contributed by atoms with E-state index in [0.717, 1.165) is 16.8 Å². The van der Waals surface area contributed by atoms with Gasteiger partial charge in [-0.25, -0.2) is 4.68 Å². The van der Waals surface area contributed by atoms with Gasteiger partial charge in [-0.1, -0.05) is 35.5 Å². The summed E-state index contributed by atoms with van der Waals surface area (Å²) in [4.78, 5) is 18.4. The predicted octanol–water partition coefficient (Wildman–Crippen LogP) is 2.40. The lowest BCUT2D eigenvalue weighted by atomic mass is 10.1. The van der Waals surface area contributed by atoms with Crippen LogP contribution in [-0.4, -0.2) is 43.9 Å². The van der Waals surface area contributed by atoms with Crippen molar-refractivity contribution in [3.05, 3.63) is 77.4 Å². The summed E-state index contributed by atoms with van der Waals surface area (Å²) in [5.41, 5.74) is 3.52. The molecule has 138 valence electrons. The first-order valence-electron chi connectivity index (χ1n) is 8.93. The Morgan fingerprint density at radius 3 is 2.78 bits per heavy atom. The fourth-order valence-electron chi connectivity index (χ4n) is 3.05. The van der Waals surface area contributed by atoms with E-state index in [1.165, 1.54) is 0 Å². The smallest absolute Gasteiger partial charge is 0.255 e. The first-order chi connectivity index (χ1) is 13.2. The van der Waals surface area contributed by atoms with Crippen LogP contribution in [0, 0.1) is 6.92 Å². The molecule has 7 heteroatoms. The van der Waals surface area contributed by atoms with Gasteiger partial charge in [0.25, 0.3) is 5.91 Å². The molecule has 1 amide bonds. The highest BCUT2D eigenvalue weighted by atomic mass is 16.5. The van der Waals surface area contributed by atoms with Crippen molar-refractivity contribution in [3.8, 4) is 0 Å². The van der Waals surface area contributed by atoms with Gasteiger partial charge in [-0.15, -0.1) is 5.10 Å². The van der Waals surface area contributed by atoms with E-state index in [0.29, 0.717) is 31.9 Å². The van der Waals surface area contributed by atoms with Gasteiger partial charge in [-0.05, 0) is 24.1 Å². The molecule has 1 fully saturated rings. The van der Waals surface area contributed by atoms with Gasteiger partial charge in [0.1, 0.15) is 5.69 Å². The lowest BCUT2D eigenvalue weighted by Crippen LogP contribution is -2.51. The maximum absolute atomic E-state index is 12.5. The number of likely N-dealkylation sites (tertiary alicyclic amines) is 1. The van der Waals surface area contributed by atoms with Crippen molar-refractivity contribution in [3.63, 3.8) is 0 Å². The molecule has 2 aromatic heterocycles. The average Bonchev–Trinajstić information content (AvgIpc) is 3.10. The Labute approximate surface area is 157 Å². The Balaban J connectivity index is 1.28.